The first-order chi connectivity index (χ1) is 8.13. The van der Waals surface area contributed by atoms with E-state index in [0.717, 1.165) is 19.3 Å². The van der Waals surface area contributed by atoms with E-state index in [9.17, 15) is 9.59 Å². The number of nitrogens with one attached hydrogen (secondary N) is 2. The predicted octanol–water partition coefficient (Wildman–Crippen LogP) is 0.711. The van der Waals surface area contributed by atoms with Crippen LogP contribution in [-0.4, -0.2) is 30.4 Å². The molecule has 5 nitrogen and oxygen atoms in total. The van der Waals surface area contributed by atoms with Gasteiger partial charge in [0.1, 0.15) is 0 Å². The fourth-order valence-corrected chi connectivity index (χ4v) is 1.56. The highest BCUT2D eigenvalue weighted by Gasteiger charge is 2.22. The van der Waals surface area contributed by atoms with Gasteiger partial charge < -0.3 is 16.4 Å². The maximum Gasteiger partial charge on any atom is 0.236 e. The quantitative estimate of drug-likeness (QED) is 0.571. The van der Waals surface area contributed by atoms with E-state index in [1.54, 1.807) is 0 Å². The summed E-state index contributed by atoms with van der Waals surface area (Å²) in [4.78, 5) is 22.8. The molecule has 1 aliphatic rings. The fourth-order valence-electron chi connectivity index (χ4n) is 1.56. The topological polar surface area (TPSA) is 84.2 Å². The molecule has 0 aromatic carbocycles. The number of nitrogens with two attached hydrogens (primary N) is 1. The highest BCUT2D eigenvalue weighted by atomic mass is 35.5. The zero-order chi connectivity index (χ0) is 12.7. The molecule has 0 aromatic rings. The lowest BCUT2D eigenvalue weighted by Gasteiger charge is -2.10. The molecule has 2 amide bonds. The van der Waals surface area contributed by atoms with Crippen molar-refractivity contribution in [2.75, 3.05) is 6.54 Å². The van der Waals surface area contributed by atoms with E-state index in [-0.39, 0.29) is 24.2 Å². The van der Waals surface area contributed by atoms with Gasteiger partial charge in [-0.2, -0.15) is 0 Å². The molecule has 18 heavy (non-hydrogen) atoms. The van der Waals surface area contributed by atoms with Gasteiger partial charge in [-0.15, -0.1) is 12.4 Å². The van der Waals surface area contributed by atoms with Crippen LogP contribution < -0.4 is 16.4 Å². The smallest absolute Gasteiger partial charge is 0.236 e. The van der Waals surface area contributed by atoms with Crippen LogP contribution in [0, 0.1) is 0 Å². The number of rotatable bonds is 8. The van der Waals surface area contributed by atoms with E-state index in [1.807, 2.05) is 6.92 Å². The van der Waals surface area contributed by atoms with Crippen molar-refractivity contribution >= 4 is 24.2 Å². The Balaban J connectivity index is 0.00000289. The molecule has 1 unspecified atom stereocenters. The largest absolute Gasteiger partial charge is 0.355 e. The SMILES string of the molecule is CCCC(N)C(=O)NCCCC(=O)NC1CC1.Cl. The first-order valence-electron chi connectivity index (χ1n) is 6.46. The van der Waals surface area contributed by atoms with Gasteiger partial charge in [0.25, 0.3) is 0 Å². The third kappa shape index (κ3) is 7.50. The fraction of sp³-hybridized carbons (Fsp3) is 0.833. The lowest BCUT2D eigenvalue weighted by molar-refractivity contribution is -0.123. The molecule has 6 heteroatoms. The number of carbonyl (C=O) groups is 2. The van der Waals surface area contributed by atoms with Gasteiger partial charge >= 0.3 is 0 Å². The Kier molecular flexibility index (Phi) is 8.75. The summed E-state index contributed by atoms with van der Waals surface area (Å²) in [6.07, 6.45) is 4.96. The third-order valence-electron chi connectivity index (χ3n) is 2.76. The molecule has 1 rings (SSSR count). The maximum atomic E-state index is 11.4. The Morgan fingerprint density at radius 2 is 2.06 bits per heavy atom. The summed E-state index contributed by atoms with van der Waals surface area (Å²) >= 11 is 0. The van der Waals surface area contributed by atoms with E-state index in [4.69, 9.17) is 5.73 Å². The van der Waals surface area contributed by atoms with E-state index >= 15 is 0 Å². The molecule has 0 aliphatic heterocycles. The van der Waals surface area contributed by atoms with E-state index in [0.29, 0.717) is 31.8 Å². The van der Waals surface area contributed by atoms with Gasteiger partial charge in [0, 0.05) is 19.0 Å². The third-order valence-corrected chi connectivity index (χ3v) is 2.76. The lowest BCUT2D eigenvalue weighted by atomic mass is 10.1. The van der Waals surface area contributed by atoms with Crippen molar-refractivity contribution in [3.8, 4) is 0 Å². The number of halogens is 1. The van der Waals surface area contributed by atoms with Crippen LogP contribution in [-0.2, 0) is 9.59 Å². The van der Waals surface area contributed by atoms with Gasteiger partial charge in [-0.3, -0.25) is 9.59 Å². The number of carbonyl (C=O) groups excluding carboxylic acids is 2. The average molecular weight is 278 g/mol. The standard InChI is InChI=1S/C12H23N3O2.ClH/c1-2-4-10(13)12(17)14-8-3-5-11(16)15-9-6-7-9;/h9-10H,2-8,13H2,1H3,(H,14,17)(H,15,16);1H. The molecule has 4 N–H and O–H groups in total. The van der Waals surface area contributed by atoms with Crippen LogP contribution in [0.25, 0.3) is 0 Å². The van der Waals surface area contributed by atoms with E-state index < -0.39 is 6.04 Å². The minimum absolute atomic E-state index is 0. The molecule has 0 saturated heterocycles. The van der Waals surface area contributed by atoms with Crippen molar-refractivity contribution in [2.45, 2.75) is 57.5 Å². The Hall–Kier alpha value is -0.810. The second-order valence-corrected chi connectivity index (χ2v) is 4.63. The van der Waals surface area contributed by atoms with Crippen LogP contribution in [0.1, 0.15) is 45.4 Å². The maximum absolute atomic E-state index is 11.4. The summed E-state index contributed by atoms with van der Waals surface area (Å²) in [5, 5.41) is 5.66. The number of hydrogen-bond donors (Lipinski definition) is 3. The highest BCUT2D eigenvalue weighted by Crippen LogP contribution is 2.18. The van der Waals surface area contributed by atoms with Crippen molar-refractivity contribution in [1.29, 1.82) is 0 Å². The van der Waals surface area contributed by atoms with Crippen LogP contribution in [0.2, 0.25) is 0 Å². The summed E-state index contributed by atoms with van der Waals surface area (Å²) in [7, 11) is 0. The van der Waals surface area contributed by atoms with Gasteiger partial charge in [-0.05, 0) is 25.7 Å². The molecule has 1 fully saturated rings. The Morgan fingerprint density at radius 1 is 1.39 bits per heavy atom. The minimum Gasteiger partial charge on any atom is -0.355 e. The second-order valence-electron chi connectivity index (χ2n) is 4.63. The van der Waals surface area contributed by atoms with Gasteiger partial charge in [-0.25, -0.2) is 0 Å². The van der Waals surface area contributed by atoms with Crippen molar-refractivity contribution in [1.82, 2.24) is 10.6 Å². The molecule has 1 atom stereocenters. The molecule has 1 aliphatic carbocycles. The van der Waals surface area contributed by atoms with E-state index in [2.05, 4.69) is 10.6 Å². The summed E-state index contributed by atoms with van der Waals surface area (Å²) in [5.41, 5.74) is 5.65. The van der Waals surface area contributed by atoms with Crippen LogP contribution in [0.3, 0.4) is 0 Å². The van der Waals surface area contributed by atoms with Gasteiger partial charge in [0.2, 0.25) is 11.8 Å². The van der Waals surface area contributed by atoms with Crippen molar-refractivity contribution in [3.05, 3.63) is 0 Å². The first kappa shape index (κ1) is 17.2. The van der Waals surface area contributed by atoms with Crippen LogP contribution in [0.4, 0.5) is 0 Å². The zero-order valence-corrected chi connectivity index (χ0v) is 11.7. The normalized spacial score (nSPS) is 15.4. The monoisotopic (exact) mass is 277 g/mol. The molecule has 0 spiro atoms. The number of hydrogen-bond acceptors (Lipinski definition) is 3. The van der Waals surface area contributed by atoms with Gasteiger partial charge in [0.05, 0.1) is 6.04 Å². The Bertz CT molecular complexity index is 270. The second kappa shape index (κ2) is 9.16. The van der Waals surface area contributed by atoms with Crippen LogP contribution >= 0.6 is 12.4 Å². The lowest BCUT2D eigenvalue weighted by Crippen LogP contribution is -2.41. The van der Waals surface area contributed by atoms with Crippen molar-refractivity contribution < 1.29 is 9.59 Å². The van der Waals surface area contributed by atoms with Gasteiger partial charge in [0.15, 0.2) is 0 Å². The Morgan fingerprint density at radius 3 is 2.61 bits per heavy atom. The Labute approximate surface area is 115 Å². The van der Waals surface area contributed by atoms with E-state index in [1.165, 1.54) is 0 Å². The minimum atomic E-state index is -0.416. The average Bonchev–Trinajstić information content (AvgIpc) is 3.08. The first-order valence-corrected chi connectivity index (χ1v) is 6.46. The highest BCUT2D eigenvalue weighted by molar-refractivity contribution is 5.85. The van der Waals surface area contributed by atoms with Crippen LogP contribution in [0.15, 0.2) is 0 Å². The van der Waals surface area contributed by atoms with Gasteiger partial charge in [-0.1, -0.05) is 13.3 Å². The molecule has 1 saturated carbocycles. The van der Waals surface area contributed by atoms with Crippen molar-refractivity contribution in [3.63, 3.8) is 0 Å². The summed E-state index contributed by atoms with van der Waals surface area (Å²) in [6.45, 7) is 2.52. The van der Waals surface area contributed by atoms with Crippen LogP contribution in [0.5, 0.6) is 0 Å². The molecule has 0 heterocycles. The molecule has 0 radical (unpaired) electrons. The molecule has 0 bridgehead atoms. The van der Waals surface area contributed by atoms with Crippen molar-refractivity contribution in [2.24, 2.45) is 5.73 Å². The zero-order valence-electron chi connectivity index (χ0n) is 10.9. The molecule has 106 valence electrons. The number of amides is 2. The molecule has 0 aromatic heterocycles. The predicted molar refractivity (Wildman–Crippen MR) is 73.5 cm³/mol. The summed E-state index contributed by atoms with van der Waals surface area (Å²) in [6, 6.07) is -0.00430. The summed E-state index contributed by atoms with van der Waals surface area (Å²) < 4.78 is 0. The molecular weight excluding hydrogens is 254 g/mol. The summed E-state index contributed by atoms with van der Waals surface area (Å²) in [5.74, 6) is -0.0333. The molecular formula is C12H24ClN3O2.